The van der Waals surface area contributed by atoms with Crippen LogP contribution in [0.1, 0.15) is 0 Å². The lowest BCUT2D eigenvalue weighted by atomic mass is 9.91. The van der Waals surface area contributed by atoms with Crippen molar-refractivity contribution in [2.45, 2.75) is 24.6 Å². The molecule has 1 aliphatic rings. The molecule has 0 amide bonds. The van der Waals surface area contributed by atoms with Gasteiger partial charge in [0.1, 0.15) is 12.4 Å². The Bertz CT molecular complexity index is 213. The quantitative estimate of drug-likeness (QED) is 0.578. The van der Waals surface area contributed by atoms with Crippen molar-refractivity contribution in [1.29, 1.82) is 0 Å². The van der Waals surface area contributed by atoms with Gasteiger partial charge in [-0.3, -0.25) is 0 Å². The van der Waals surface area contributed by atoms with Gasteiger partial charge in [0.25, 0.3) is 0 Å². The largest absolute Gasteiger partial charge is 0.385 e. The third-order valence-electron chi connectivity index (χ3n) is 2.55. The van der Waals surface area contributed by atoms with Crippen molar-refractivity contribution in [2.24, 2.45) is 5.92 Å². The zero-order chi connectivity index (χ0) is 11.4. The Morgan fingerprint density at radius 2 is 2.13 bits per heavy atom. The van der Waals surface area contributed by atoms with Crippen molar-refractivity contribution in [3.05, 3.63) is 0 Å². The van der Waals surface area contributed by atoms with Gasteiger partial charge >= 0.3 is 0 Å². The first-order chi connectivity index (χ1) is 7.19. The highest BCUT2D eigenvalue weighted by Crippen LogP contribution is 2.28. The zero-order valence-electron chi connectivity index (χ0n) is 8.63. The number of hydrogen-bond donors (Lipinski definition) is 1. The molecule has 0 saturated carbocycles. The number of aliphatic hydroxyl groups is 1. The van der Waals surface area contributed by atoms with E-state index >= 15 is 0 Å². The van der Waals surface area contributed by atoms with E-state index in [0.29, 0.717) is 5.33 Å². The number of ether oxygens (including phenoxy) is 3. The maximum Gasteiger partial charge on any atom is 0.186 e. The minimum absolute atomic E-state index is 0.346. The molecule has 15 heavy (non-hydrogen) atoms. The number of halogens is 1. The number of aliphatic hydroxyl groups excluding tert-OH is 1. The maximum atomic E-state index is 10.9. The van der Waals surface area contributed by atoms with E-state index in [9.17, 15) is 9.90 Å². The first-order valence-corrected chi connectivity index (χ1v) is 5.72. The Balaban J connectivity index is 2.83. The van der Waals surface area contributed by atoms with Gasteiger partial charge in [-0.2, -0.15) is 0 Å². The number of carbonyl (C=O) groups is 1. The minimum Gasteiger partial charge on any atom is -0.385 e. The average Bonchev–Trinajstić information content (AvgIpc) is 2.28. The summed E-state index contributed by atoms with van der Waals surface area (Å²) < 4.78 is 15.5. The van der Waals surface area contributed by atoms with Crippen molar-refractivity contribution >= 4 is 22.2 Å². The van der Waals surface area contributed by atoms with Crippen LogP contribution >= 0.6 is 15.9 Å². The summed E-state index contributed by atoms with van der Waals surface area (Å²) in [5.41, 5.74) is 0. The summed E-state index contributed by atoms with van der Waals surface area (Å²) >= 11 is 3.25. The number of alkyl halides is 1. The molecule has 0 aliphatic carbocycles. The monoisotopic (exact) mass is 282 g/mol. The van der Waals surface area contributed by atoms with Gasteiger partial charge in [-0.25, -0.2) is 0 Å². The molecule has 1 aliphatic heterocycles. The van der Waals surface area contributed by atoms with Crippen LogP contribution in [0.5, 0.6) is 0 Å². The summed E-state index contributed by atoms with van der Waals surface area (Å²) in [5, 5.41) is 10.3. The molecule has 0 aromatic rings. The summed E-state index contributed by atoms with van der Waals surface area (Å²) in [6, 6.07) is 0. The van der Waals surface area contributed by atoms with Gasteiger partial charge in [-0.1, -0.05) is 15.9 Å². The lowest BCUT2D eigenvalue weighted by Crippen LogP contribution is -2.56. The smallest absolute Gasteiger partial charge is 0.186 e. The van der Waals surface area contributed by atoms with E-state index in [1.54, 1.807) is 0 Å². The normalized spacial score (nSPS) is 41.5. The van der Waals surface area contributed by atoms with Crippen LogP contribution in [0.15, 0.2) is 0 Å². The molecule has 5 nitrogen and oxygen atoms in total. The Morgan fingerprint density at radius 1 is 1.47 bits per heavy atom. The fraction of sp³-hybridized carbons (Fsp3) is 0.889. The Hall–Kier alpha value is -0.0100. The zero-order valence-corrected chi connectivity index (χ0v) is 10.2. The van der Waals surface area contributed by atoms with E-state index in [-0.39, 0.29) is 6.10 Å². The second kappa shape index (κ2) is 5.91. The molecule has 6 heteroatoms. The highest BCUT2D eigenvalue weighted by atomic mass is 79.9. The van der Waals surface area contributed by atoms with Crippen LogP contribution in [0.3, 0.4) is 0 Å². The average molecular weight is 283 g/mol. The molecule has 5 atom stereocenters. The number of rotatable bonds is 4. The minimum atomic E-state index is -0.953. The fourth-order valence-electron chi connectivity index (χ4n) is 1.73. The second-order valence-electron chi connectivity index (χ2n) is 3.34. The fourth-order valence-corrected chi connectivity index (χ4v) is 2.32. The molecule has 1 rings (SSSR count). The highest BCUT2D eigenvalue weighted by Gasteiger charge is 2.45. The molecule has 1 fully saturated rings. The van der Waals surface area contributed by atoms with Crippen molar-refractivity contribution in [3.63, 3.8) is 0 Å². The van der Waals surface area contributed by atoms with E-state index in [1.165, 1.54) is 14.2 Å². The lowest BCUT2D eigenvalue weighted by Gasteiger charge is -2.40. The molecule has 1 heterocycles. The van der Waals surface area contributed by atoms with Gasteiger partial charge in [0.05, 0.1) is 18.1 Å². The van der Waals surface area contributed by atoms with E-state index < -0.39 is 24.4 Å². The SMILES string of the molecule is COC1OC(CBr)C(C=O)C(OC)C1O. The maximum absolute atomic E-state index is 10.9. The molecular weight excluding hydrogens is 268 g/mol. The number of carbonyl (C=O) groups excluding carboxylic acids is 1. The topological polar surface area (TPSA) is 65.0 Å². The summed E-state index contributed by atoms with van der Waals surface area (Å²) in [5.74, 6) is -0.490. The summed E-state index contributed by atoms with van der Waals surface area (Å²) in [6.45, 7) is 0. The molecule has 0 aromatic carbocycles. The molecule has 0 radical (unpaired) electrons. The van der Waals surface area contributed by atoms with Gasteiger partial charge in [-0.15, -0.1) is 0 Å². The molecule has 0 aromatic heterocycles. The van der Waals surface area contributed by atoms with Crippen LogP contribution in [-0.4, -0.2) is 55.5 Å². The molecule has 0 bridgehead atoms. The summed E-state index contributed by atoms with van der Waals surface area (Å²) in [7, 11) is 2.89. The molecular formula is C9H15BrO5. The molecule has 1 N–H and O–H groups in total. The van der Waals surface area contributed by atoms with Crippen LogP contribution in [0.2, 0.25) is 0 Å². The number of hydrogen-bond acceptors (Lipinski definition) is 5. The van der Waals surface area contributed by atoms with Crippen molar-refractivity contribution in [2.75, 3.05) is 19.5 Å². The third-order valence-corrected chi connectivity index (χ3v) is 3.18. The molecule has 5 unspecified atom stereocenters. The third kappa shape index (κ3) is 2.57. The molecule has 1 saturated heterocycles. The molecule has 0 spiro atoms. The second-order valence-corrected chi connectivity index (χ2v) is 3.98. The van der Waals surface area contributed by atoms with Gasteiger partial charge in [0.2, 0.25) is 0 Å². The summed E-state index contributed by atoms with van der Waals surface area (Å²) in [4.78, 5) is 10.9. The van der Waals surface area contributed by atoms with Gasteiger partial charge in [-0.05, 0) is 0 Å². The standard InChI is InChI=1S/C9H15BrO5/c1-13-8-5(4-11)6(3-10)15-9(14-2)7(8)12/h4-9,12H,3H2,1-2H3. The Labute approximate surface area is 96.8 Å². The first kappa shape index (κ1) is 13.1. The Kier molecular flexibility index (Phi) is 5.14. The van der Waals surface area contributed by atoms with Crippen molar-refractivity contribution in [3.8, 4) is 0 Å². The van der Waals surface area contributed by atoms with Crippen LogP contribution in [-0.2, 0) is 19.0 Å². The van der Waals surface area contributed by atoms with Gasteiger partial charge < -0.3 is 24.1 Å². The van der Waals surface area contributed by atoms with Crippen molar-refractivity contribution < 1.29 is 24.1 Å². The summed E-state index contributed by atoms with van der Waals surface area (Å²) in [6.07, 6.45) is -1.90. The number of methoxy groups -OCH3 is 2. The number of aldehydes is 1. The highest BCUT2D eigenvalue weighted by molar-refractivity contribution is 9.09. The predicted octanol–water partition coefficient (Wildman–Crippen LogP) is -0.0564. The van der Waals surface area contributed by atoms with E-state index in [2.05, 4.69) is 15.9 Å². The van der Waals surface area contributed by atoms with E-state index in [1.807, 2.05) is 0 Å². The van der Waals surface area contributed by atoms with Crippen LogP contribution in [0.25, 0.3) is 0 Å². The van der Waals surface area contributed by atoms with Gasteiger partial charge in [0, 0.05) is 19.5 Å². The predicted molar refractivity (Wildman–Crippen MR) is 55.8 cm³/mol. The van der Waals surface area contributed by atoms with Crippen molar-refractivity contribution in [1.82, 2.24) is 0 Å². The van der Waals surface area contributed by atoms with Crippen LogP contribution < -0.4 is 0 Å². The van der Waals surface area contributed by atoms with Gasteiger partial charge in [0.15, 0.2) is 6.29 Å². The lowest BCUT2D eigenvalue weighted by molar-refractivity contribution is -0.271. The molecule has 88 valence electrons. The van der Waals surface area contributed by atoms with E-state index in [0.717, 1.165) is 6.29 Å². The Morgan fingerprint density at radius 3 is 2.53 bits per heavy atom. The first-order valence-electron chi connectivity index (χ1n) is 4.60. The van der Waals surface area contributed by atoms with Crippen LogP contribution in [0, 0.1) is 5.92 Å². The van der Waals surface area contributed by atoms with Crippen LogP contribution in [0.4, 0.5) is 0 Å². The van der Waals surface area contributed by atoms with E-state index in [4.69, 9.17) is 14.2 Å².